The number of hydrogen-bond donors (Lipinski definition) is 0. The number of carbonyl (C=O) groups excluding carboxylic acids is 1. The highest BCUT2D eigenvalue weighted by Gasteiger charge is 2.18. The molecule has 1 fully saturated rings. The summed E-state index contributed by atoms with van der Waals surface area (Å²) < 4.78 is 0. The van der Waals surface area contributed by atoms with Gasteiger partial charge in [-0.25, -0.2) is 0 Å². The van der Waals surface area contributed by atoms with Crippen molar-refractivity contribution in [1.29, 1.82) is 5.26 Å². The summed E-state index contributed by atoms with van der Waals surface area (Å²) >= 11 is 0. The number of rotatable bonds is 2. The summed E-state index contributed by atoms with van der Waals surface area (Å²) in [6.07, 6.45) is 5.74. The summed E-state index contributed by atoms with van der Waals surface area (Å²) in [6.45, 7) is 3.90. The van der Waals surface area contributed by atoms with Gasteiger partial charge in [0.2, 0.25) is 5.91 Å². The van der Waals surface area contributed by atoms with E-state index in [1.165, 1.54) is 6.42 Å². The van der Waals surface area contributed by atoms with Crippen molar-refractivity contribution in [2.24, 2.45) is 5.92 Å². The zero-order valence-electron chi connectivity index (χ0n) is 11.2. The van der Waals surface area contributed by atoms with Crippen molar-refractivity contribution in [3.8, 4) is 6.07 Å². The molecule has 2 rings (SSSR count). The molecule has 0 aromatic heterocycles. The third kappa shape index (κ3) is 3.69. The van der Waals surface area contributed by atoms with E-state index in [4.69, 9.17) is 5.26 Å². The predicted molar refractivity (Wildman–Crippen MR) is 75.2 cm³/mol. The first-order chi connectivity index (χ1) is 9.19. The normalized spacial score (nSPS) is 19.4. The number of amides is 1. The smallest absolute Gasteiger partial charge is 0.246 e. The van der Waals surface area contributed by atoms with E-state index in [2.05, 4.69) is 13.0 Å². The van der Waals surface area contributed by atoms with E-state index >= 15 is 0 Å². The van der Waals surface area contributed by atoms with E-state index in [0.29, 0.717) is 11.5 Å². The van der Waals surface area contributed by atoms with Crippen LogP contribution in [0.1, 0.15) is 30.9 Å². The summed E-state index contributed by atoms with van der Waals surface area (Å²) in [5.74, 6) is 0.678. The Labute approximate surface area is 114 Å². The average Bonchev–Trinajstić information content (AvgIpc) is 2.45. The molecule has 1 heterocycles. The maximum Gasteiger partial charge on any atom is 0.246 e. The Morgan fingerprint density at radius 2 is 2.16 bits per heavy atom. The van der Waals surface area contributed by atoms with E-state index in [1.807, 2.05) is 23.1 Å². The highest BCUT2D eigenvalue weighted by molar-refractivity contribution is 5.91. The summed E-state index contributed by atoms with van der Waals surface area (Å²) in [4.78, 5) is 13.9. The van der Waals surface area contributed by atoms with Crippen molar-refractivity contribution in [2.75, 3.05) is 13.1 Å². The molecule has 0 spiro atoms. The average molecular weight is 254 g/mol. The van der Waals surface area contributed by atoms with Gasteiger partial charge in [0.1, 0.15) is 0 Å². The summed E-state index contributed by atoms with van der Waals surface area (Å²) in [6, 6.07) is 9.29. The van der Waals surface area contributed by atoms with Crippen molar-refractivity contribution in [2.45, 2.75) is 19.8 Å². The van der Waals surface area contributed by atoms with E-state index in [1.54, 1.807) is 18.2 Å². The molecule has 1 aromatic carbocycles. The zero-order chi connectivity index (χ0) is 13.7. The minimum atomic E-state index is 0.0795. The highest BCUT2D eigenvalue weighted by atomic mass is 16.2. The van der Waals surface area contributed by atoms with Gasteiger partial charge in [0, 0.05) is 19.2 Å². The second-order valence-corrected chi connectivity index (χ2v) is 5.10. The molecule has 19 heavy (non-hydrogen) atoms. The number of piperidine rings is 1. The Bertz CT molecular complexity index is 511. The van der Waals surface area contributed by atoms with Crippen LogP contribution < -0.4 is 0 Å². The van der Waals surface area contributed by atoms with Gasteiger partial charge in [-0.1, -0.05) is 19.1 Å². The lowest BCUT2D eigenvalue weighted by Crippen LogP contribution is -2.38. The molecule has 1 unspecified atom stereocenters. The van der Waals surface area contributed by atoms with Gasteiger partial charge >= 0.3 is 0 Å². The Morgan fingerprint density at radius 1 is 1.42 bits per heavy atom. The molecule has 0 aliphatic carbocycles. The molecule has 0 N–H and O–H groups in total. The molecule has 3 heteroatoms. The van der Waals surface area contributed by atoms with Gasteiger partial charge in [-0.2, -0.15) is 5.26 Å². The fourth-order valence-electron chi connectivity index (χ4n) is 2.33. The lowest BCUT2D eigenvalue weighted by molar-refractivity contribution is -0.127. The standard InChI is InChI=1S/C16H18N2O/c1-13-3-2-10-18(12-13)16(19)9-8-14-4-6-15(11-17)7-5-14/h4-9,13H,2-3,10,12H2,1H3/b9-8+. The Morgan fingerprint density at radius 3 is 2.79 bits per heavy atom. The van der Waals surface area contributed by atoms with Crippen LogP contribution in [-0.4, -0.2) is 23.9 Å². The van der Waals surface area contributed by atoms with Gasteiger partial charge in [0.05, 0.1) is 11.6 Å². The number of likely N-dealkylation sites (tertiary alicyclic amines) is 1. The molecular formula is C16H18N2O. The third-order valence-corrected chi connectivity index (χ3v) is 3.43. The van der Waals surface area contributed by atoms with Crippen molar-refractivity contribution in [3.05, 3.63) is 41.5 Å². The molecule has 1 atom stereocenters. The van der Waals surface area contributed by atoms with Crippen LogP contribution in [0.3, 0.4) is 0 Å². The molecule has 1 aliphatic rings. The molecule has 0 radical (unpaired) electrons. The first-order valence-electron chi connectivity index (χ1n) is 6.66. The molecular weight excluding hydrogens is 236 g/mol. The van der Waals surface area contributed by atoms with Crippen LogP contribution in [0.4, 0.5) is 0 Å². The summed E-state index contributed by atoms with van der Waals surface area (Å²) in [5, 5.41) is 8.71. The van der Waals surface area contributed by atoms with Gasteiger partial charge in [0.25, 0.3) is 0 Å². The number of benzene rings is 1. The van der Waals surface area contributed by atoms with Crippen LogP contribution in [0.15, 0.2) is 30.3 Å². The first kappa shape index (κ1) is 13.4. The lowest BCUT2D eigenvalue weighted by atomic mass is 10.0. The monoisotopic (exact) mass is 254 g/mol. The fourth-order valence-corrected chi connectivity index (χ4v) is 2.33. The second-order valence-electron chi connectivity index (χ2n) is 5.10. The molecule has 0 saturated carbocycles. The van der Waals surface area contributed by atoms with Crippen molar-refractivity contribution in [1.82, 2.24) is 4.90 Å². The van der Waals surface area contributed by atoms with Crippen LogP contribution in [0.25, 0.3) is 6.08 Å². The molecule has 1 amide bonds. The number of hydrogen-bond acceptors (Lipinski definition) is 2. The fraction of sp³-hybridized carbons (Fsp3) is 0.375. The minimum absolute atomic E-state index is 0.0795. The van der Waals surface area contributed by atoms with E-state index in [9.17, 15) is 4.79 Å². The van der Waals surface area contributed by atoms with Crippen LogP contribution in [0.5, 0.6) is 0 Å². The zero-order valence-corrected chi connectivity index (χ0v) is 11.2. The van der Waals surface area contributed by atoms with Crippen molar-refractivity contribution in [3.63, 3.8) is 0 Å². The van der Waals surface area contributed by atoms with Crippen molar-refractivity contribution >= 4 is 12.0 Å². The van der Waals surface area contributed by atoms with E-state index < -0.39 is 0 Å². The summed E-state index contributed by atoms with van der Waals surface area (Å²) in [5.41, 5.74) is 1.57. The van der Waals surface area contributed by atoms with Gasteiger partial charge in [0.15, 0.2) is 0 Å². The molecule has 3 nitrogen and oxygen atoms in total. The largest absolute Gasteiger partial charge is 0.339 e. The van der Waals surface area contributed by atoms with Crippen LogP contribution in [0, 0.1) is 17.2 Å². The molecule has 0 bridgehead atoms. The third-order valence-electron chi connectivity index (χ3n) is 3.43. The Kier molecular flexibility index (Phi) is 4.35. The molecule has 98 valence electrons. The number of nitriles is 1. The lowest BCUT2D eigenvalue weighted by Gasteiger charge is -2.30. The maximum absolute atomic E-state index is 12.0. The van der Waals surface area contributed by atoms with Gasteiger partial charge in [-0.3, -0.25) is 4.79 Å². The van der Waals surface area contributed by atoms with Crippen molar-refractivity contribution < 1.29 is 4.79 Å². The second kappa shape index (κ2) is 6.19. The molecule has 1 aliphatic heterocycles. The quantitative estimate of drug-likeness (QED) is 0.762. The van der Waals surface area contributed by atoms with E-state index in [-0.39, 0.29) is 5.91 Å². The highest BCUT2D eigenvalue weighted by Crippen LogP contribution is 2.16. The Hall–Kier alpha value is -2.08. The molecule has 1 aromatic rings. The van der Waals surface area contributed by atoms with E-state index in [0.717, 1.165) is 25.1 Å². The van der Waals surface area contributed by atoms with Crippen LogP contribution in [0.2, 0.25) is 0 Å². The topological polar surface area (TPSA) is 44.1 Å². The van der Waals surface area contributed by atoms with Gasteiger partial charge in [-0.15, -0.1) is 0 Å². The predicted octanol–water partition coefficient (Wildman–Crippen LogP) is 2.83. The number of carbonyl (C=O) groups is 1. The first-order valence-corrected chi connectivity index (χ1v) is 6.66. The Balaban J connectivity index is 1.97. The van der Waals surface area contributed by atoms with Crippen LogP contribution >= 0.6 is 0 Å². The van der Waals surface area contributed by atoms with Gasteiger partial charge < -0.3 is 4.90 Å². The molecule has 1 saturated heterocycles. The SMILES string of the molecule is CC1CCCN(C(=O)/C=C/c2ccc(C#N)cc2)C1. The van der Waals surface area contributed by atoms with Crippen LogP contribution in [-0.2, 0) is 4.79 Å². The summed E-state index contributed by atoms with van der Waals surface area (Å²) in [7, 11) is 0. The minimum Gasteiger partial charge on any atom is -0.339 e. The van der Waals surface area contributed by atoms with Gasteiger partial charge in [-0.05, 0) is 42.5 Å². The number of nitrogens with zero attached hydrogens (tertiary/aromatic N) is 2. The maximum atomic E-state index is 12.0.